The summed E-state index contributed by atoms with van der Waals surface area (Å²) in [6.45, 7) is 6.10. The summed E-state index contributed by atoms with van der Waals surface area (Å²) in [4.78, 5) is 10.6. The van der Waals surface area contributed by atoms with E-state index in [1.807, 2.05) is 39.0 Å². The Morgan fingerprint density at radius 3 is 2.52 bits per heavy atom. The molecule has 0 saturated carbocycles. The lowest BCUT2D eigenvalue weighted by Crippen LogP contribution is -2.16. The number of nitro benzene ring substituents is 1. The van der Waals surface area contributed by atoms with Crippen molar-refractivity contribution in [3.8, 4) is 0 Å². The first kappa shape index (κ1) is 15.2. The summed E-state index contributed by atoms with van der Waals surface area (Å²) in [6.07, 6.45) is 0.798. The van der Waals surface area contributed by atoms with Crippen LogP contribution in [0.4, 0.5) is 5.69 Å². The van der Waals surface area contributed by atoms with E-state index in [1.54, 1.807) is 12.1 Å². The highest BCUT2D eigenvalue weighted by Gasteiger charge is 2.18. The molecule has 0 aliphatic carbocycles. The van der Waals surface area contributed by atoms with Crippen molar-refractivity contribution in [1.29, 1.82) is 0 Å². The number of nitrogens with zero attached hydrogens (tertiary/aromatic N) is 1. The van der Waals surface area contributed by atoms with Gasteiger partial charge < -0.3 is 5.73 Å². The lowest BCUT2D eigenvalue weighted by molar-refractivity contribution is -0.384. The molecule has 0 amide bonds. The Morgan fingerprint density at radius 1 is 1.19 bits per heavy atom. The fraction of sp³-hybridized carbons (Fsp3) is 0.294. The van der Waals surface area contributed by atoms with E-state index in [0.717, 1.165) is 28.7 Å². The summed E-state index contributed by atoms with van der Waals surface area (Å²) in [6, 6.07) is 10.6. The number of aryl methyl sites for hydroxylation is 2. The van der Waals surface area contributed by atoms with Gasteiger partial charge in [0.05, 0.1) is 11.0 Å². The van der Waals surface area contributed by atoms with E-state index in [9.17, 15) is 10.1 Å². The maximum absolute atomic E-state index is 11.0. The number of nitrogens with two attached hydrogens (primary N) is 1. The molecule has 0 bridgehead atoms. The maximum Gasteiger partial charge on any atom is 0.269 e. The Bertz CT molecular complexity index is 680. The van der Waals surface area contributed by atoms with Gasteiger partial charge in [-0.05, 0) is 48.1 Å². The molecule has 2 N–H and O–H groups in total. The molecule has 0 heterocycles. The van der Waals surface area contributed by atoms with Crippen molar-refractivity contribution in [2.45, 2.75) is 33.2 Å². The molecule has 1 unspecified atom stereocenters. The molecule has 0 aliphatic rings. The average Bonchev–Trinajstić information content (AvgIpc) is 2.48. The van der Waals surface area contributed by atoms with E-state index in [4.69, 9.17) is 5.73 Å². The van der Waals surface area contributed by atoms with Crippen molar-refractivity contribution >= 4 is 5.69 Å². The zero-order valence-electron chi connectivity index (χ0n) is 12.6. The molecule has 21 heavy (non-hydrogen) atoms. The standard InChI is InChI=1S/C17H20N2O2/c1-4-13-8-9-14(19(20)21)10-16(13)17(18)15-7-5-6-11(2)12(15)3/h5-10,17H,4,18H2,1-3H3. The Labute approximate surface area is 124 Å². The number of rotatable bonds is 4. The molecule has 4 heteroatoms. The van der Waals surface area contributed by atoms with Crippen molar-refractivity contribution in [2.24, 2.45) is 5.73 Å². The van der Waals surface area contributed by atoms with Gasteiger partial charge in [-0.3, -0.25) is 10.1 Å². The molecule has 0 aliphatic heterocycles. The normalized spacial score (nSPS) is 12.2. The van der Waals surface area contributed by atoms with Gasteiger partial charge in [0.25, 0.3) is 5.69 Å². The fourth-order valence-corrected chi connectivity index (χ4v) is 2.59. The summed E-state index contributed by atoms with van der Waals surface area (Å²) in [7, 11) is 0. The van der Waals surface area contributed by atoms with E-state index in [-0.39, 0.29) is 16.7 Å². The zero-order valence-corrected chi connectivity index (χ0v) is 12.6. The van der Waals surface area contributed by atoms with Crippen LogP contribution in [0.5, 0.6) is 0 Å². The number of hydrogen-bond acceptors (Lipinski definition) is 3. The summed E-state index contributed by atoms with van der Waals surface area (Å²) in [5.74, 6) is 0. The summed E-state index contributed by atoms with van der Waals surface area (Å²) < 4.78 is 0. The van der Waals surface area contributed by atoms with Gasteiger partial charge in [0.15, 0.2) is 0 Å². The molecule has 2 rings (SSSR count). The third kappa shape index (κ3) is 2.95. The molecule has 110 valence electrons. The summed E-state index contributed by atoms with van der Waals surface area (Å²) >= 11 is 0. The second kappa shape index (κ2) is 6.06. The monoisotopic (exact) mass is 284 g/mol. The van der Waals surface area contributed by atoms with Crippen molar-refractivity contribution < 1.29 is 4.92 Å². The predicted molar refractivity (Wildman–Crippen MR) is 84.4 cm³/mol. The van der Waals surface area contributed by atoms with E-state index in [1.165, 1.54) is 11.6 Å². The number of hydrogen-bond donors (Lipinski definition) is 1. The van der Waals surface area contributed by atoms with Crippen molar-refractivity contribution in [1.82, 2.24) is 0 Å². The first-order valence-corrected chi connectivity index (χ1v) is 7.04. The maximum atomic E-state index is 11.0. The van der Waals surface area contributed by atoms with Crippen LogP contribution in [0.3, 0.4) is 0 Å². The van der Waals surface area contributed by atoms with Crippen LogP contribution in [0.15, 0.2) is 36.4 Å². The Balaban J connectivity index is 2.56. The lowest BCUT2D eigenvalue weighted by Gasteiger charge is -2.19. The zero-order chi connectivity index (χ0) is 15.6. The largest absolute Gasteiger partial charge is 0.320 e. The third-order valence-corrected chi connectivity index (χ3v) is 4.04. The molecule has 1 atom stereocenters. The molecule has 2 aromatic rings. The SMILES string of the molecule is CCc1ccc([N+](=O)[O-])cc1C(N)c1cccc(C)c1C. The molecule has 0 spiro atoms. The van der Waals surface area contributed by atoms with Crippen molar-refractivity contribution in [2.75, 3.05) is 0 Å². The van der Waals surface area contributed by atoms with Crippen LogP contribution in [-0.4, -0.2) is 4.92 Å². The second-order valence-electron chi connectivity index (χ2n) is 5.26. The van der Waals surface area contributed by atoms with E-state index in [0.29, 0.717) is 0 Å². The quantitative estimate of drug-likeness (QED) is 0.685. The minimum Gasteiger partial charge on any atom is -0.320 e. The third-order valence-electron chi connectivity index (χ3n) is 4.04. The Morgan fingerprint density at radius 2 is 1.90 bits per heavy atom. The Hall–Kier alpha value is -2.20. The van der Waals surface area contributed by atoms with Gasteiger partial charge in [0.2, 0.25) is 0 Å². The Kier molecular flexibility index (Phi) is 4.38. The van der Waals surface area contributed by atoms with Crippen LogP contribution in [0.25, 0.3) is 0 Å². The van der Waals surface area contributed by atoms with Crippen LogP contribution in [-0.2, 0) is 6.42 Å². The first-order chi connectivity index (χ1) is 9.95. The highest BCUT2D eigenvalue weighted by atomic mass is 16.6. The van der Waals surface area contributed by atoms with Crippen molar-refractivity contribution in [3.05, 3.63) is 74.3 Å². The molecule has 0 saturated heterocycles. The molecule has 0 aromatic heterocycles. The van der Waals surface area contributed by atoms with Gasteiger partial charge in [-0.2, -0.15) is 0 Å². The predicted octanol–water partition coefficient (Wildman–Crippen LogP) is 3.82. The smallest absolute Gasteiger partial charge is 0.269 e. The molecule has 4 nitrogen and oxygen atoms in total. The topological polar surface area (TPSA) is 69.2 Å². The molecular weight excluding hydrogens is 264 g/mol. The van der Waals surface area contributed by atoms with E-state index < -0.39 is 0 Å². The van der Waals surface area contributed by atoms with Gasteiger partial charge in [-0.15, -0.1) is 0 Å². The summed E-state index contributed by atoms with van der Waals surface area (Å²) in [5, 5.41) is 11.0. The average molecular weight is 284 g/mol. The fourth-order valence-electron chi connectivity index (χ4n) is 2.59. The van der Waals surface area contributed by atoms with Gasteiger partial charge in [-0.1, -0.05) is 31.2 Å². The minimum atomic E-state index is -0.376. The van der Waals surface area contributed by atoms with Gasteiger partial charge in [0, 0.05) is 12.1 Å². The molecule has 0 radical (unpaired) electrons. The second-order valence-corrected chi connectivity index (χ2v) is 5.26. The van der Waals surface area contributed by atoms with Crippen LogP contribution in [0, 0.1) is 24.0 Å². The summed E-state index contributed by atoms with van der Waals surface area (Å²) in [5.41, 5.74) is 11.7. The van der Waals surface area contributed by atoms with Crippen LogP contribution >= 0.6 is 0 Å². The minimum absolute atomic E-state index is 0.0861. The van der Waals surface area contributed by atoms with E-state index >= 15 is 0 Å². The number of benzene rings is 2. The van der Waals surface area contributed by atoms with Crippen LogP contribution in [0.1, 0.15) is 40.8 Å². The van der Waals surface area contributed by atoms with Gasteiger partial charge >= 0.3 is 0 Å². The highest BCUT2D eigenvalue weighted by molar-refractivity contribution is 5.47. The number of nitro groups is 1. The van der Waals surface area contributed by atoms with Crippen LogP contribution < -0.4 is 5.73 Å². The van der Waals surface area contributed by atoms with Crippen LogP contribution in [0.2, 0.25) is 0 Å². The van der Waals surface area contributed by atoms with E-state index in [2.05, 4.69) is 0 Å². The molecule has 2 aromatic carbocycles. The van der Waals surface area contributed by atoms with Gasteiger partial charge in [-0.25, -0.2) is 0 Å². The van der Waals surface area contributed by atoms with Crippen molar-refractivity contribution in [3.63, 3.8) is 0 Å². The number of non-ortho nitro benzene ring substituents is 1. The first-order valence-electron chi connectivity index (χ1n) is 7.04. The molecular formula is C17H20N2O2. The highest BCUT2D eigenvalue weighted by Crippen LogP contribution is 2.29. The van der Waals surface area contributed by atoms with Gasteiger partial charge in [0.1, 0.15) is 0 Å². The lowest BCUT2D eigenvalue weighted by atomic mass is 9.90. The molecule has 0 fully saturated rings.